The molecule has 0 saturated carbocycles. The van der Waals surface area contributed by atoms with Crippen molar-refractivity contribution in [2.75, 3.05) is 6.61 Å². The van der Waals surface area contributed by atoms with Gasteiger partial charge in [0, 0.05) is 12.5 Å². The molecule has 0 rings (SSSR count). The van der Waals surface area contributed by atoms with Gasteiger partial charge in [0.05, 0.1) is 0 Å². The summed E-state index contributed by atoms with van der Waals surface area (Å²) < 4.78 is 6.04. The van der Waals surface area contributed by atoms with Crippen LogP contribution in [-0.2, 0) is 4.43 Å². The number of hydrogen-bond donors (Lipinski definition) is 0. The van der Waals surface area contributed by atoms with Gasteiger partial charge in [0.2, 0.25) is 0 Å². The summed E-state index contributed by atoms with van der Waals surface area (Å²) in [6, 6.07) is 0. The SMILES string of the molecule is CC#C[C@H](C)CO[Si](C)(C)C(C)(C)C. The van der Waals surface area contributed by atoms with Crippen LogP contribution in [0.25, 0.3) is 0 Å². The fourth-order valence-corrected chi connectivity index (χ4v) is 1.94. The van der Waals surface area contributed by atoms with Gasteiger partial charge >= 0.3 is 0 Å². The van der Waals surface area contributed by atoms with Crippen molar-refractivity contribution in [2.24, 2.45) is 5.92 Å². The first-order valence-electron chi connectivity index (χ1n) is 5.27. The van der Waals surface area contributed by atoms with Crippen LogP contribution in [0.3, 0.4) is 0 Å². The molecule has 0 aromatic rings. The van der Waals surface area contributed by atoms with Crippen molar-refractivity contribution in [3.8, 4) is 11.8 Å². The number of rotatable bonds is 3. The molecule has 82 valence electrons. The molecule has 0 unspecified atom stereocenters. The van der Waals surface area contributed by atoms with Gasteiger partial charge in [0.1, 0.15) is 0 Å². The van der Waals surface area contributed by atoms with E-state index in [1.54, 1.807) is 0 Å². The fraction of sp³-hybridized carbons (Fsp3) is 0.833. The first-order valence-corrected chi connectivity index (χ1v) is 8.18. The lowest BCUT2D eigenvalue weighted by Crippen LogP contribution is -2.41. The highest BCUT2D eigenvalue weighted by molar-refractivity contribution is 6.74. The minimum atomic E-state index is -1.56. The zero-order valence-electron chi connectivity index (χ0n) is 10.7. The molecular weight excluding hydrogens is 188 g/mol. The van der Waals surface area contributed by atoms with E-state index in [2.05, 4.69) is 52.6 Å². The van der Waals surface area contributed by atoms with Crippen molar-refractivity contribution in [3.63, 3.8) is 0 Å². The van der Waals surface area contributed by atoms with E-state index < -0.39 is 8.32 Å². The van der Waals surface area contributed by atoms with E-state index in [4.69, 9.17) is 4.43 Å². The summed E-state index contributed by atoms with van der Waals surface area (Å²) in [6.07, 6.45) is 0. The molecule has 1 atom stereocenters. The Morgan fingerprint density at radius 2 is 1.79 bits per heavy atom. The molecule has 0 aromatic carbocycles. The lowest BCUT2D eigenvalue weighted by Gasteiger charge is -2.36. The zero-order valence-corrected chi connectivity index (χ0v) is 11.7. The summed E-state index contributed by atoms with van der Waals surface area (Å²) in [5.74, 6) is 6.40. The Morgan fingerprint density at radius 3 is 2.14 bits per heavy atom. The standard InChI is InChI=1S/C12H24OSi/c1-8-9-11(2)10-13-14(6,7)12(3,4)5/h11H,10H2,1-7H3/t11-/m0/s1. The highest BCUT2D eigenvalue weighted by Crippen LogP contribution is 2.36. The quantitative estimate of drug-likeness (QED) is 0.512. The van der Waals surface area contributed by atoms with E-state index >= 15 is 0 Å². The summed E-state index contributed by atoms with van der Waals surface area (Å²) in [4.78, 5) is 0. The maximum atomic E-state index is 6.04. The lowest BCUT2D eigenvalue weighted by atomic mass is 10.2. The fourth-order valence-electron chi connectivity index (χ4n) is 0.838. The second kappa shape index (κ2) is 5.00. The van der Waals surface area contributed by atoms with Crippen LogP contribution in [0.15, 0.2) is 0 Å². The molecule has 1 nitrogen and oxygen atoms in total. The second-order valence-electron chi connectivity index (χ2n) is 5.37. The van der Waals surface area contributed by atoms with Crippen molar-refractivity contribution in [1.82, 2.24) is 0 Å². The molecule has 0 saturated heterocycles. The van der Waals surface area contributed by atoms with Gasteiger partial charge in [-0.15, -0.1) is 5.92 Å². The van der Waals surface area contributed by atoms with Gasteiger partial charge in [-0.05, 0) is 32.0 Å². The van der Waals surface area contributed by atoms with Crippen LogP contribution in [0.5, 0.6) is 0 Å². The van der Waals surface area contributed by atoms with Crippen molar-refractivity contribution < 1.29 is 4.43 Å². The smallest absolute Gasteiger partial charge is 0.192 e. The van der Waals surface area contributed by atoms with E-state index in [-0.39, 0.29) is 0 Å². The Balaban J connectivity index is 4.17. The first-order chi connectivity index (χ1) is 6.20. The van der Waals surface area contributed by atoms with Crippen molar-refractivity contribution >= 4 is 8.32 Å². The second-order valence-corrected chi connectivity index (χ2v) is 10.2. The average molecular weight is 212 g/mol. The maximum absolute atomic E-state index is 6.04. The third-order valence-corrected chi connectivity index (χ3v) is 7.39. The van der Waals surface area contributed by atoms with Gasteiger partial charge in [-0.3, -0.25) is 0 Å². The van der Waals surface area contributed by atoms with Crippen molar-refractivity contribution in [2.45, 2.75) is 52.8 Å². The van der Waals surface area contributed by atoms with E-state index in [0.717, 1.165) is 6.61 Å². The predicted octanol–water partition coefficient (Wildman–Crippen LogP) is 3.67. The topological polar surface area (TPSA) is 9.23 Å². The van der Waals surface area contributed by atoms with Gasteiger partial charge in [-0.2, -0.15) is 0 Å². The summed E-state index contributed by atoms with van der Waals surface area (Å²) in [6.45, 7) is 16.1. The molecule has 14 heavy (non-hydrogen) atoms. The molecule has 0 aliphatic heterocycles. The summed E-state index contributed by atoms with van der Waals surface area (Å²) in [7, 11) is -1.56. The third-order valence-electron chi connectivity index (χ3n) is 2.89. The minimum Gasteiger partial charge on any atom is -0.416 e. The summed E-state index contributed by atoms with van der Waals surface area (Å²) in [5, 5.41) is 0.298. The Bertz CT molecular complexity index is 227. The Kier molecular flexibility index (Phi) is 4.90. The lowest BCUT2D eigenvalue weighted by molar-refractivity contribution is 0.263. The van der Waals surface area contributed by atoms with Crippen molar-refractivity contribution in [3.05, 3.63) is 0 Å². The molecule has 0 radical (unpaired) electrons. The molecule has 0 heterocycles. The Morgan fingerprint density at radius 1 is 1.29 bits per heavy atom. The third kappa shape index (κ3) is 4.30. The molecule has 0 aliphatic carbocycles. The Hall–Kier alpha value is -0.263. The van der Waals surface area contributed by atoms with Gasteiger partial charge in [-0.1, -0.05) is 26.7 Å². The van der Waals surface area contributed by atoms with E-state index in [9.17, 15) is 0 Å². The molecular formula is C12H24OSi. The monoisotopic (exact) mass is 212 g/mol. The molecule has 0 N–H and O–H groups in total. The molecule has 2 heteroatoms. The molecule has 0 aliphatic rings. The highest BCUT2D eigenvalue weighted by atomic mass is 28.4. The van der Waals surface area contributed by atoms with Crippen LogP contribution in [0, 0.1) is 17.8 Å². The minimum absolute atomic E-state index is 0.298. The molecule has 0 spiro atoms. The van der Waals surface area contributed by atoms with E-state index in [1.807, 2.05) is 6.92 Å². The van der Waals surface area contributed by atoms with Crippen LogP contribution >= 0.6 is 0 Å². The first kappa shape index (κ1) is 13.7. The zero-order chi connectivity index (χ0) is 11.4. The van der Waals surface area contributed by atoms with Gasteiger partial charge in [-0.25, -0.2) is 0 Å². The summed E-state index contributed by atoms with van der Waals surface area (Å²) >= 11 is 0. The maximum Gasteiger partial charge on any atom is 0.192 e. The van der Waals surface area contributed by atoms with E-state index in [0.29, 0.717) is 11.0 Å². The highest BCUT2D eigenvalue weighted by Gasteiger charge is 2.37. The summed E-state index contributed by atoms with van der Waals surface area (Å²) in [5.41, 5.74) is 0. The molecule has 0 aromatic heterocycles. The van der Waals surface area contributed by atoms with Crippen LogP contribution in [0.2, 0.25) is 18.1 Å². The average Bonchev–Trinajstić information content (AvgIpc) is 1.99. The number of hydrogen-bond acceptors (Lipinski definition) is 1. The van der Waals surface area contributed by atoms with Gasteiger partial charge in [0.25, 0.3) is 0 Å². The van der Waals surface area contributed by atoms with Crippen LogP contribution in [0.1, 0.15) is 34.6 Å². The van der Waals surface area contributed by atoms with Crippen LogP contribution < -0.4 is 0 Å². The largest absolute Gasteiger partial charge is 0.416 e. The van der Waals surface area contributed by atoms with Crippen LogP contribution in [0.4, 0.5) is 0 Å². The Labute approximate surface area is 90.4 Å². The van der Waals surface area contributed by atoms with Crippen LogP contribution in [-0.4, -0.2) is 14.9 Å². The van der Waals surface area contributed by atoms with Gasteiger partial charge in [0.15, 0.2) is 8.32 Å². The normalized spacial score (nSPS) is 14.5. The molecule has 0 fully saturated rings. The molecule has 0 amide bonds. The predicted molar refractivity (Wildman–Crippen MR) is 65.8 cm³/mol. The van der Waals surface area contributed by atoms with Gasteiger partial charge < -0.3 is 4.43 Å². The van der Waals surface area contributed by atoms with E-state index in [1.165, 1.54) is 0 Å². The molecule has 0 bridgehead atoms. The van der Waals surface area contributed by atoms with Crippen molar-refractivity contribution in [1.29, 1.82) is 0 Å².